The molecule has 1 unspecified atom stereocenters. The Kier molecular flexibility index (Phi) is 6.98. The predicted octanol–water partition coefficient (Wildman–Crippen LogP) is 6.17. The molecule has 0 fully saturated rings. The molecule has 1 N–H and O–H groups in total. The molecule has 34 heavy (non-hydrogen) atoms. The Labute approximate surface area is 199 Å². The summed E-state index contributed by atoms with van der Waals surface area (Å²) in [6, 6.07) is 19.1. The summed E-state index contributed by atoms with van der Waals surface area (Å²) in [5.41, 5.74) is 5.65. The van der Waals surface area contributed by atoms with Crippen molar-refractivity contribution in [2.75, 3.05) is 13.2 Å². The number of aromatic nitrogens is 2. The largest absolute Gasteiger partial charge is 0.478 e. The van der Waals surface area contributed by atoms with E-state index in [4.69, 9.17) is 9.47 Å². The fourth-order valence-corrected chi connectivity index (χ4v) is 4.03. The average molecular weight is 459 g/mol. The fraction of sp³-hybridized carbons (Fsp3) is 0.286. The molecule has 6 nitrogen and oxygen atoms in total. The third-order valence-corrected chi connectivity index (χ3v) is 5.66. The molecule has 4 aromatic rings. The van der Waals surface area contributed by atoms with E-state index in [1.54, 1.807) is 12.1 Å². The van der Waals surface area contributed by atoms with Crippen LogP contribution >= 0.6 is 0 Å². The molecule has 2 aromatic carbocycles. The topological polar surface area (TPSA) is 73.1 Å². The quantitative estimate of drug-likeness (QED) is 0.325. The van der Waals surface area contributed by atoms with Crippen LogP contribution in [0.2, 0.25) is 0 Å². The highest BCUT2D eigenvalue weighted by Gasteiger charge is 2.21. The Morgan fingerprint density at radius 1 is 1.06 bits per heavy atom. The van der Waals surface area contributed by atoms with Gasteiger partial charge in [-0.25, -0.2) is 4.79 Å². The van der Waals surface area contributed by atoms with Crippen molar-refractivity contribution in [1.82, 2.24) is 9.38 Å². The van der Waals surface area contributed by atoms with Crippen molar-refractivity contribution in [2.45, 2.75) is 33.8 Å². The highest BCUT2D eigenvalue weighted by molar-refractivity contribution is 5.96. The molecule has 2 heterocycles. The molecule has 0 radical (unpaired) electrons. The number of benzene rings is 2. The molecule has 1 atom stereocenters. The van der Waals surface area contributed by atoms with Crippen LogP contribution in [0.4, 0.5) is 0 Å². The zero-order valence-electron chi connectivity index (χ0n) is 20.0. The first-order valence-electron chi connectivity index (χ1n) is 11.5. The summed E-state index contributed by atoms with van der Waals surface area (Å²) in [7, 11) is 0. The average Bonchev–Trinajstić information content (AvgIpc) is 3.26. The maximum absolute atomic E-state index is 11.7. The number of pyridine rings is 1. The Hall–Kier alpha value is -3.64. The van der Waals surface area contributed by atoms with Crippen LogP contribution in [0.1, 0.15) is 54.1 Å². The van der Waals surface area contributed by atoms with Gasteiger partial charge in [-0.2, -0.15) is 4.98 Å². The van der Waals surface area contributed by atoms with Crippen LogP contribution in [0.3, 0.4) is 0 Å². The zero-order valence-corrected chi connectivity index (χ0v) is 20.0. The summed E-state index contributed by atoms with van der Waals surface area (Å²) >= 11 is 0. The number of carboxylic acid groups (broad SMARTS) is 1. The second-order valence-corrected chi connectivity index (χ2v) is 8.73. The van der Waals surface area contributed by atoms with Crippen LogP contribution in [0.25, 0.3) is 16.8 Å². The lowest BCUT2D eigenvalue weighted by Gasteiger charge is -2.22. The SMILES string of the molecule is CCOc1cn2c(C(OCC(C)C)c3ccc(-c4ccccc4C(=O)O)cc3)ccc(C)c2n1. The first-order chi connectivity index (χ1) is 16.4. The molecule has 176 valence electrons. The highest BCUT2D eigenvalue weighted by Crippen LogP contribution is 2.32. The standard InChI is InChI=1S/C28H30N2O4/c1-5-33-25-16-30-24(15-10-19(4)27(30)29-25)26(34-17-18(2)3)21-13-11-20(12-14-21)22-8-6-7-9-23(22)28(31)32/h6-16,18,26H,5,17H2,1-4H3,(H,31,32). The molecule has 0 amide bonds. The van der Waals surface area contributed by atoms with Crippen molar-refractivity contribution >= 4 is 11.6 Å². The molecule has 0 aliphatic carbocycles. The second kappa shape index (κ2) is 10.1. The van der Waals surface area contributed by atoms with E-state index in [0.29, 0.717) is 30.6 Å². The lowest BCUT2D eigenvalue weighted by Crippen LogP contribution is -2.14. The van der Waals surface area contributed by atoms with Gasteiger partial charge in [-0.3, -0.25) is 4.40 Å². The second-order valence-electron chi connectivity index (χ2n) is 8.73. The van der Waals surface area contributed by atoms with Crippen LogP contribution < -0.4 is 4.74 Å². The molecular formula is C28H30N2O4. The number of imidazole rings is 1. The molecule has 0 saturated carbocycles. The van der Waals surface area contributed by atoms with E-state index in [2.05, 4.69) is 31.0 Å². The van der Waals surface area contributed by atoms with Crippen LogP contribution in [-0.2, 0) is 4.74 Å². The van der Waals surface area contributed by atoms with Gasteiger partial charge in [0, 0.05) is 0 Å². The Bertz CT molecular complexity index is 1290. The van der Waals surface area contributed by atoms with Crippen LogP contribution in [0, 0.1) is 12.8 Å². The van der Waals surface area contributed by atoms with Crippen molar-refractivity contribution in [2.24, 2.45) is 5.92 Å². The molecule has 6 heteroatoms. The number of hydrogen-bond donors (Lipinski definition) is 1. The van der Waals surface area contributed by atoms with E-state index in [1.807, 2.05) is 60.8 Å². The van der Waals surface area contributed by atoms with Gasteiger partial charge in [-0.05, 0) is 54.2 Å². The minimum Gasteiger partial charge on any atom is -0.478 e. The van der Waals surface area contributed by atoms with Gasteiger partial charge in [0.1, 0.15) is 11.8 Å². The van der Waals surface area contributed by atoms with Gasteiger partial charge in [0.2, 0.25) is 5.88 Å². The predicted molar refractivity (Wildman–Crippen MR) is 133 cm³/mol. The lowest BCUT2D eigenvalue weighted by atomic mass is 9.96. The third kappa shape index (κ3) is 4.82. The number of aryl methyl sites for hydroxylation is 1. The van der Waals surface area contributed by atoms with Gasteiger partial charge in [0.05, 0.1) is 30.7 Å². The number of fused-ring (bicyclic) bond motifs is 1. The van der Waals surface area contributed by atoms with Crippen LogP contribution in [0.15, 0.2) is 66.9 Å². The molecule has 0 saturated heterocycles. The van der Waals surface area contributed by atoms with Crippen molar-refractivity contribution in [3.8, 4) is 17.0 Å². The summed E-state index contributed by atoms with van der Waals surface area (Å²) in [4.78, 5) is 16.3. The molecule has 4 rings (SSSR count). The minimum absolute atomic E-state index is 0.282. The van der Waals surface area contributed by atoms with Crippen LogP contribution in [0.5, 0.6) is 5.88 Å². The maximum Gasteiger partial charge on any atom is 0.336 e. The van der Waals surface area contributed by atoms with Crippen molar-refractivity contribution in [1.29, 1.82) is 0 Å². The number of carbonyl (C=O) groups is 1. The van der Waals surface area contributed by atoms with Crippen molar-refractivity contribution in [3.05, 3.63) is 89.2 Å². The van der Waals surface area contributed by atoms with Gasteiger partial charge in [0.25, 0.3) is 0 Å². The number of nitrogens with zero attached hydrogens (tertiary/aromatic N) is 2. The van der Waals surface area contributed by atoms with E-state index in [-0.39, 0.29) is 11.7 Å². The number of rotatable bonds is 9. The Balaban J connectivity index is 1.77. The van der Waals surface area contributed by atoms with Gasteiger partial charge in [-0.15, -0.1) is 0 Å². The zero-order chi connectivity index (χ0) is 24.2. The van der Waals surface area contributed by atoms with Crippen molar-refractivity contribution < 1.29 is 19.4 Å². The molecule has 0 aliphatic heterocycles. The maximum atomic E-state index is 11.7. The Morgan fingerprint density at radius 3 is 2.47 bits per heavy atom. The molecule has 2 aromatic heterocycles. The smallest absolute Gasteiger partial charge is 0.336 e. The minimum atomic E-state index is -0.940. The van der Waals surface area contributed by atoms with Gasteiger partial charge in [0.15, 0.2) is 0 Å². The van der Waals surface area contributed by atoms with Crippen molar-refractivity contribution in [3.63, 3.8) is 0 Å². The summed E-state index contributed by atoms with van der Waals surface area (Å²) in [5, 5.41) is 9.56. The van der Waals surface area contributed by atoms with Gasteiger partial charge < -0.3 is 14.6 Å². The highest BCUT2D eigenvalue weighted by atomic mass is 16.5. The third-order valence-electron chi connectivity index (χ3n) is 5.66. The Morgan fingerprint density at radius 2 is 1.79 bits per heavy atom. The van der Waals surface area contributed by atoms with Crippen LogP contribution in [-0.4, -0.2) is 33.7 Å². The number of aromatic carboxylic acids is 1. The molecule has 0 aliphatic rings. The first-order valence-corrected chi connectivity index (χ1v) is 11.5. The van der Waals surface area contributed by atoms with E-state index >= 15 is 0 Å². The van der Waals surface area contributed by atoms with E-state index in [0.717, 1.165) is 28.0 Å². The van der Waals surface area contributed by atoms with E-state index < -0.39 is 5.97 Å². The number of hydrogen-bond acceptors (Lipinski definition) is 4. The summed E-state index contributed by atoms with van der Waals surface area (Å²) < 4.78 is 14.1. The summed E-state index contributed by atoms with van der Waals surface area (Å²) in [5.74, 6) is 0.0123. The fourth-order valence-electron chi connectivity index (χ4n) is 4.03. The summed E-state index contributed by atoms with van der Waals surface area (Å²) in [6.07, 6.45) is 1.59. The molecule has 0 bridgehead atoms. The van der Waals surface area contributed by atoms with Gasteiger partial charge in [-0.1, -0.05) is 62.4 Å². The summed E-state index contributed by atoms with van der Waals surface area (Å²) in [6.45, 7) is 9.36. The van der Waals surface area contributed by atoms with E-state index in [1.165, 1.54) is 0 Å². The molecular weight excluding hydrogens is 428 g/mol. The molecule has 0 spiro atoms. The van der Waals surface area contributed by atoms with E-state index in [9.17, 15) is 9.90 Å². The number of carboxylic acids is 1. The normalized spacial score (nSPS) is 12.3. The van der Waals surface area contributed by atoms with Gasteiger partial charge >= 0.3 is 5.97 Å². The monoisotopic (exact) mass is 458 g/mol. The first kappa shape index (κ1) is 23.5. The number of ether oxygens (including phenoxy) is 2. The lowest BCUT2D eigenvalue weighted by molar-refractivity contribution is 0.0570.